The summed E-state index contributed by atoms with van der Waals surface area (Å²) in [6.07, 6.45) is 6.38. The van der Waals surface area contributed by atoms with Crippen LogP contribution in [0.1, 0.15) is 60.1 Å². The van der Waals surface area contributed by atoms with E-state index in [1.807, 2.05) is 6.92 Å². The monoisotopic (exact) mass is 424 g/mol. The number of nitrogens with zero attached hydrogens (tertiary/aromatic N) is 4. The molecule has 9 heteroatoms. The van der Waals surface area contributed by atoms with Crippen molar-refractivity contribution < 1.29 is 13.2 Å². The Hall–Kier alpha value is -1.29. The van der Waals surface area contributed by atoms with Gasteiger partial charge in [-0.25, -0.2) is 13.4 Å². The number of aryl methyl sites for hydroxylation is 1. The van der Waals surface area contributed by atoms with Gasteiger partial charge in [0.15, 0.2) is 0 Å². The minimum atomic E-state index is -3.55. The van der Waals surface area contributed by atoms with Crippen molar-refractivity contribution in [1.29, 1.82) is 0 Å². The van der Waals surface area contributed by atoms with Crippen LogP contribution in [-0.2, 0) is 21.3 Å². The Kier molecular flexibility index (Phi) is 5.87. The highest BCUT2D eigenvalue weighted by Gasteiger charge is 2.32. The fourth-order valence-electron chi connectivity index (χ4n) is 4.21. The second-order valence-corrected chi connectivity index (χ2v) is 10.5. The van der Waals surface area contributed by atoms with Gasteiger partial charge < -0.3 is 4.74 Å². The van der Waals surface area contributed by atoms with E-state index in [-0.39, 0.29) is 0 Å². The van der Waals surface area contributed by atoms with E-state index in [0.717, 1.165) is 5.69 Å². The Labute approximate surface area is 170 Å². The Morgan fingerprint density at radius 2 is 1.89 bits per heavy atom. The lowest BCUT2D eigenvalue weighted by Gasteiger charge is -2.26. The second-order valence-electron chi connectivity index (χ2n) is 7.69. The smallest absolute Gasteiger partial charge is 0.246 e. The van der Waals surface area contributed by atoms with E-state index in [0.29, 0.717) is 55.0 Å². The molecule has 0 spiro atoms. The normalized spacial score (nSPS) is 19.9. The third-order valence-corrected chi connectivity index (χ3v) is 8.93. The first-order chi connectivity index (χ1) is 13.5. The van der Waals surface area contributed by atoms with Crippen LogP contribution in [-0.4, -0.2) is 53.8 Å². The molecule has 2 aliphatic rings. The van der Waals surface area contributed by atoms with Gasteiger partial charge in [-0.3, -0.25) is 4.68 Å². The summed E-state index contributed by atoms with van der Waals surface area (Å²) in [5.41, 5.74) is 2.19. The Morgan fingerprint density at radius 1 is 1.18 bits per heavy atom. The highest BCUT2D eigenvalue weighted by molar-refractivity contribution is 7.89. The summed E-state index contributed by atoms with van der Waals surface area (Å²) < 4.78 is 34.8. The van der Waals surface area contributed by atoms with Gasteiger partial charge in [-0.05, 0) is 26.7 Å². The van der Waals surface area contributed by atoms with Crippen LogP contribution in [0.2, 0.25) is 0 Å². The number of morpholine rings is 1. The van der Waals surface area contributed by atoms with Crippen molar-refractivity contribution in [2.45, 2.75) is 63.3 Å². The van der Waals surface area contributed by atoms with E-state index in [9.17, 15) is 8.42 Å². The van der Waals surface area contributed by atoms with Crippen LogP contribution in [0.3, 0.4) is 0 Å². The molecule has 7 nitrogen and oxygen atoms in total. The average Bonchev–Trinajstić information content (AvgIpc) is 3.28. The molecular formula is C19H28N4O3S2. The number of thiazole rings is 1. The van der Waals surface area contributed by atoms with Gasteiger partial charge in [0.05, 0.1) is 41.8 Å². The van der Waals surface area contributed by atoms with Crippen LogP contribution >= 0.6 is 11.3 Å². The zero-order valence-corrected chi connectivity index (χ0v) is 18.2. The summed E-state index contributed by atoms with van der Waals surface area (Å²) in [4.78, 5) is 5.17. The lowest BCUT2D eigenvalue weighted by Crippen LogP contribution is -2.41. The van der Waals surface area contributed by atoms with E-state index in [2.05, 4.69) is 10.5 Å². The first-order valence-electron chi connectivity index (χ1n) is 10.0. The van der Waals surface area contributed by atoms with Crippen LogP contribution in [0, 0.1) is 13.8 Å². The van der Waals surface area contributed by atoms with Crippen LogP contribution < -0.4 is 0 Å². The maximum absolute atomic E-state index is 13.1. The number of sulfonamides is 1. The van der Waals surface area contributed by atoms with E-state index in [1.165, 1.54) is 41.4 Å². The van der Waals surface area contributed by atoms with Crippen molar-refractivity contribution in [2.24, 2.45) is 0 Å². The molecule has 1 aliphatic heterocycles. The lowest BCUT2D eigenvalue weighted by molar-refractivity contribution is 0.0730. The average molecular weight is 425 g/mol. The molecule has 3 heterocycles. The SMILES string of the molecule is Cc1nn(Cc2csc(C3CCCCC3)n2)c(C)c1S(=O)(=O)N1CCOCC1. The standard InChI is InChI=1S/C19H28N4O3S2/c1-14-18(28(24,25)22-8-10-26-11-9-22)15(2)23(21-14)12-17-13-27-19(20-17)16-6-4-3-5-7-16/h13,16H,3-12H2,1-2H3. The summed E-state index contributed by atoms with van der Waals surface area (Å²) in [5, 5.41) is 7.85. The number of rotatable bonds is 5. The lowest BCUT2D eigenvalue weighted by atomic mass is 9.90. The van der Waals surface area contributed by atoms with E-state index >= 15 is 0 Å². The molecule has 2 aromatic heterocycles. The van der Waals surface area contributed by atoms with Gasteiger partial charge in [-0.1, -0.05) is 19.3 Å². The summed E-state index contributed by atoms with van der Waals surface area (Å²) in [6.45, 7) is 5.77. The number of ether oxygens (including phenoxy) is 1. The molecule has 4 rings (SSSR count). The minimum Gasteiger partial charge on any atom is -0.379 e. The van der Waals surface area contributed by atoms with Crippen molar-refractivity contribution >= 4 is 21.4 Å². The molecule has 28 heavy (non-hydrogen) atoms. The molecule has 1 aliphatic carbocycles. The minimum absolute atomic E-state index is 0.331. The number of hydrogen-bond acceptors (Lipinski definition) is 6. The van der Waals surface area contributed by atoms with E-state index in [1.54, 1.807) is 22.9 Å². The topological polar surface area (TPSA) is 77.3 Å². The van der Waals surface area contributed by atoms with Gasteiger partial charge in [0, 0.05) is 24.4 Å². The van der Waals surface area contributed by atoms with E-state index < -0.39 is 10.0 Å². The van der Waals surface area contributed by atoms with Gasteiger partial charge >= 0.3 is 0 Å². The number of hydrogen-bond donors (Lipinski definition) is 0. The quantitative estimate of drug-likeness (QED) is 0.737. The van der Waals surface area contributed by atoms with Crippen LogP contribution in [0.4, 0.5) is 0 Å². The van der Waals surface area contributed by atoms with Gasteiger partial charge in [0.1, 0.15) is 4.90 Å². The zero-order valence-electron chi connectivity index (χ0n) is 16.6. The van der Waals surface area contributed by atoms with E-state index in [4.69, 9.17) is 9.72 Å². The first-order valence-corrected chi connectivity index (χ1v) is 12.3. The summed E-state index contributed by atoms with van der Waals surface area (Å²) in [7, 11) is -3.55. The maximum Gasteiger partial charge on any atom is 0.246 e. The molecule has 0 aromatic carbocycles. The van der Waals surface area contributed by atoms with Crippen molar-refractivity contribution in [3.63, 3.8) is 0 Å². The molecule has 1 saturated heterocycles. The van der Waals surface area contributed by atoms with Crippen molar-refractivity contribution in [3.05, 3.63) is 27.5 Å². The molecule has 0 unspecified atom stereocenters. The van der Waals surface area contributed by atoms with Crippen molar-refractivity contribution in [3.8, 4) is 0 Å². The Balaban J connectivity index is 1.55. The molecule has 0 radical (unpaired) electrons. The number of aromatic nitrogens is 3. The third kappa shape index (κ3) is 3.90. The van der Waals surface area contributed by atoms with Gasteiger partial charge in [0.2, 0.25) is 10.0 Å². The molecule has 1 saturated carbocycles. The first kappa shape index (κ1) is 20.0. The van der Waals surface area contributed by atoms with Gasteiger partial charge in [-0.2, -0.15) is 9.40 Å². The summed E-state index contributed by atoms with van der Waals surface area (Å²) in [6, 6.07) is 0. The third-order valence-electron chi connectivity index (χ3n) is 5.72. The molecule has 0 amide bonds. The fraction of sp³-hybridized carbons (Fsp3) is 0.684. The largest absolute Gasteiger partial charge is 0.379 e. The molecule has 0 atom stereocenters. The summed E-state index contributed by atoms with van der Waals surface area (Å²) >= 11 is 1.73. The summed E-state index contributed by atoms with van der Waals surface area (Å²) in [5.74, 6) is 0.588. The molecule has 0 N–H and O–H groups in total. The van der Waals surface area contributed by atoms with Crippen LogP contribution in [0.15, 0.2) is 10.3 Å². The van der Waals surface area contributed by atoms with Crippen molar-refractivity contribution in [1.82, 2.24) is 19.1 Å². The zero-order chi connectivity index (χ0) is 19.7. The molecule has 2 fully saturated rings. The fourth-order valence-corrected chi connectivity index (χ4v) is 6.97. The maximum atomic E-state index is 13.1. The molecule has 2 aromatic rings. The van der Waals surface area contributed by atoms with Crippen LogP contribution in [0.5, 0.6) is 0 Å². The molecule has 154 valence electrons. The van der Waals surface area contributed by atoms with Gasteiger partial charge in [-0.15, -0.1) is 11.3 Å². The Bertz CT molecular complexity index is 923. The predicted octanol–water partition coefficient (Wildman–Crippen LogP) is 3.07. The van der Waals surface area contributed by atoms with Crippen molar-refractivity contribution in [2.75, 3.05) is 26.3 Å². The Morgan fingerprint density at radius 3 is 2.61 bits per heavy atom. The van der Waals surface area contributed by atoms with Gasteiger partial charge in [0.25, 0.3) is 0 Å². The predicted molar refractivity (Wildman–Crippen MR) is 108 cm³/mol. The van der Waals surface area contributed by atoms with Crippen LogP contribution in [0.25, 0.3) is 0 Å². The second kappa shape index (κ2) is 8.22. The molecule has 0 bridgehead atoms. The highest BCUT2D eigenvalue weighted by atomic mass is 32.2. The highest BCUT2D eigenvalue weighted by Crippen LogP contribution is 2.34. The molecular weight excluding hydrogens is 396 g/mol.